The third kappa shape index (κ3) is 1.72. The van der Waals surface area contributed by atoms with E-state index in [9.17, 15) is 0 Å². The van der Waals surface area contributed by atoms with Crippen molar-refractivity contribution in [2.24, 2.45) is 0 Å². The monoisotopic (exact) mass is 176 g/mol. The van der Waals surface area contributed by atoms with Gasteiger partial charge in [-0.25, -0.2) is 0 Å². The summed E-state index contributed by atoms with van der Waals surface area (Å²) < 4.78 is 2.14. The van der Waals surface area contributed by atoms with E-state index in [1.165, 1.54) is 16.8 Å². The average Bonchev–Trinajstić information content (AvgIpc) is 2.53. The Hall–Kier alpha value is -1.31. The molecule has 2 aromatic rings. The molecule has 13 heavy (non-hydrogen) atoms. The number of hydrogen-bond donors (Lipinski definition) is 0. The summed E-state index contributed by atoms with van der Waals surface area (Å²) in [5.74, 6) is 0. The number of rotatable bonds is 0. The largest absolute Gasteiger partial charge is 0.318 e. The summed E-state index contributed by atoms with van der Waals surface area (Å²) in [6.45, 7) is 8.15. The van der Waals surface area contributed by atoms with Gasteiger partial charge in [0.2, 0.25) is 0 Å². The summed E-state index contributed by atoms with van der Waals surface area (Å²) in [6, 6.07) is 2.10. The lowest BCUT2D eigenvalue weighted by molar-refractivity contribution is 1.05. The minimum absolute atomic E-state index is 1.18. The smallest absolute Gasteiger partial charge is 0.0665 e. The van der Waals surface area contributed by atoms with Crippen LogP contribution in [0.4, 0.5) is 0 Å². The van der Waals surface area contributed by atoms with Crippen LogP contribution in [0, 0.1) is 13.8 Å². The van der Waals surface area contributed by atoms with Gasteiger partial charge in [0.05, 0.1) is 11.7 Å². The van der Waals surface area contributed by atoms with Crippen LogP contribution in [-0.2, 0) is 0 Å². The van der Waals surface area contributed by atoms with Crippen molar-refractivity contribution in [2.45, 2.75) is 27.7 Å². The van der Waals surface area contributed by atoms with Gasteiger partial charge < -0.3 is 4.40 Å². The molecule has 0 radical (unpaired) electrons. The molecule has 0 aliphatic carbocycles. The van der Waals surface area contributed by atoms with Crippen molar-refractivity contribution in [3.05, 3.63) is 35.9 Å². The van der Waals surface area contributed by atoms with E-state index in [1.54, 1.807) is 0 Å². The Balaban J connectivity index is 0.000000396. The van der Waals surface area contributed by atoms with E-state index in [0.717, 1.165) is 0 Å². The minimum atomic E-state index is 1.18. The van der Waals surface area contributed by atoms with Crippen molar-refractivity contribution in [1.29, 1.82) is 0 Å². The van der Waals surface area contributed by atoms with Crippen LogP contribution in [0.3, 0.4) is 0 Å². The van der Waals surface area contributed by atoms with Crippen molar-refractivity contribution in [2.75, 3.05) is 0 Å². The lowest BCUT2D eigenvalue weighted by atomic mass is 10.3. The molecule has 0 amide bonds. The molecule has 0 aromatic carbocycles. The topological polar surface area (TPSA) is 17.3 Å². The third-order valence-corrected chi connectivity index (χ3v) is 1.98. The molecule has 2 rings (SSSR count). The highest BCUT2D eigenvalue weighted by atomic mass is 14.9. The van der Waals surface area contributed by atoms with Gasteiger partial charge in [0.15, 0.2) is 0 Å². The van der Waals surface area contributed by atoms with E-state index in [4.69, 9.17) is 0 Å². The maximum Gasteiger partial charge on any atom is 0.0665 e. The standard InChI is InChI=1S/C9H10N2.C2H6/c1-7-3-4-11-8(2)5-10-6-9(7)11;1-2/h3-6H,1-2H3;1-2H3. The molecule has 0 atom stereocenters. The van der Waals surface area contributed by atoms with Gasteiger partial charge in [-0.1, -0.05) is 13.8 Å². The normalized spacial score (nSPS) is 9.54. The van der Waals surface area contributed by atoms with Crippen molar-refractivity contribution >= 4 is 5.52 Å². The minimum Gasteiger partial charge on any atom is -0.318 e. The van der Waals surface area contributed by atoms with Crippen LogP contribution in [0.5, 0.6) is 0 Å². The summed E-state index contributed by atoms with van der Waals surface area (Å²) in [6.07, 6.45) is 5.83. The summed E-state index contributed by atoms with van der Waals surface area (Å²) in [5, 5.41) is 0. The molecule has 0 unspecified atom stereocenters. The number of hydrogen-bond acceptors (Lipinski definition) is 1. The molecule has 0 fully saturated rings. The highest BCUT2D eigenvalue weighted by Gasteiger charge is 1.97. The van der Waals surface area contributed by atoms with Crippen LogP contribution < -0.4 is 0 Å². The van der Waals surface area contributed by atoms with E-state index in [2.05, 4.69) is 35.5 Å². The third-order valence-electron chi connectivity index (χ3n) is 1.98. The number of aromatic nitrogens is 2. The quantitative estimate of drug-likeness (QED) is 0.603. The Morgan fingerprint density at radius 1 is 1.15 bits per heavy atom. The van der Waals surface area contributed by atoms with Crippen LogP contribution in [0.1, 0.15) is 25.1 Å². The fourth-order valence-electron chi connectivity index (χ4n) is 1.29. The van der Waals surface area contributed by atoms with Gasteiger partial charge in [-0.05, 0) is 25.5 Å². The Morgan fingerprint density at radius 3 is 2.46 bits per heavy atom. The fourth-order valence-corrected chi connectivity index (χ4v) is 1.29. The lowest BCUT2D eigenvalue weighted by Crippen LogP contribution is -1.89. The molecular formula is C11H16N2. The van der Waals surface area contributed by atoms with Gasteiger partial charge in [0.1, 0.15) is 0 Å². The number of fused-ring (bicyclic) bond motifs is 1. The molecule has 0 spiro atoms. The zero-order valence-corrected chi connectivity index (χ0v) is 8.70. The SMILES string of the molecule is CC.Cc1ccn2c(C)cncc12. The van der Waals surface area contributed by atoms with Gasteiger partial charge in [-0.2, -0.15) is 0 Å². The maximum atomic E-state index is 4.12. The van der Waals surface area contributed by atoms with E-state index < -0.39 is 0 Å². The lowest BCUT2D eigenvalue weighted by Gasteiger charge is -1.98. The maximum absolute atomic E-state index is 4.12. The molecule has 0 aliphatic heterocycles. The summed E-state index contributed by atoms with van der Waals surface area (Å²) >= 11 is 0. The number of nitrogens with zero attached hydrogens (tertiary/aromatic N) is 2. The summed E-state index contributed by atoms with van der Waals surface area (Å²) in [7, 11) is 0. The van der Waals surface area contributed by atoms with Crippen LogP contribution >= 0.6 is 0 Å². The predicted octanol–water partition coefficient (Wildman–Crippen LogP) is 2.98. The van der Waals surface area contributed by atoms with E-state index in [-0.39, 0.29) is 0 Å². The van der Waals surface area contributed by atoms with Gasteiger partial charge >= 0.3 is 0 Å². The van der Waals surface area contributed by atoms with Gasteiger partial charge in [0.25, 0.3) is 0 Å². The van der Waals surface area contributed by atoms with E-state index >= 15 is 0 Å². The molecule has 2 heteroatoms. The first-order valence-corrected chi connectivity index (χ1v) is 4.67. The van der Waals surface area contributed by atoms with Crippen molar-refractivity contribution in [1.82, 2.24) is 9.38 Å². The molecule has 0 N–H and O–H groups in total. The molecule has 0 aliphatic rings. The van der Waals surface area contributed by atoms with E-state index in [0.29, 0.717) is 0 Å². The van der Waals surface area contributed by atoms with Crippen molar-refractivity contribution < 1.29 is 0 Å². The van der Waals surface area contributed by atoms with E-state index in [1.807, 2.05) is 26.2 Å². The second-order valence-corrected chi connectivity index (χ2v) is 2.80. The highest BCUT2D eigenvalue weighted by molar-refractivity contribution is 5.53. The zero-order chi connectivity index (χ0) is 9.84. The molecule has 2 nitrogen and oxygen atoms in total. The molecule has 2 aromatic heterocycles. The molecule has 2 heterocycles. The Kier molecular flexibility index (Phi) is 3.07. The Bertz CT molecular complexity index is 388. The second-order valence-electron chi connectivity index (χ2n) is 2.80. The molecular weight excluding hydrogens is 160 g/mol. The van der Waals surface area contributed by atoms with Crippen molar-refractivity contribution in [3.8, 4) is 0 Å². The second kappa shape index (κ2) is 4.08. The molecule has 0 saturated heterocycles. The summed E-state index contributed by atoms with van der Waals surface area (Å²) in [4.78, 5) is 4.12. The first-order chi connectivity index (χ1) is 6.29. The fraction of sp³-hybridized carbons (Fsp3) is 0.364. The van der Waals surface area contributed by atoms with Gasteiger partial charge in [-0.3, -0.25) is 4.98 Å². The molecule has 0 saturated carbocycles. The van der Waals surface area contributed by atoms with Crippen LogP contribution in [0.15, 0.2) is 24.7 Å². The van der Waals surface area contributed by atoms with Crippen LogP contribution in [0.25, 0.3) is 5.52 Å². The zero-order valence-electron chi connectivity index (χ0n) is 8.70. The molecule has 70 valence electrons. The number of aryl methyl sites for hydroxylation is 2. The summed E-state index contributed by atoms with van der Waals surface area (Å²) in [5.41, 5.74) is 3.65. The van der Waals surface area contributed by atoms with Crippen LogP contribution in [-0.4, -0.2) is 9.38 Å². The average molecular weight is 176 g/mol. The first kappa shape index (κ1) is 9.78. The van der Waals surface area contributed by atoms with Gasteiger partial charge in [-0.15, -0.1) is 0 Å². The Morgan fingerprint density at radius 2 is 1.85 bits per heavy atom. The Labute approximate surface area is 79.2 Å². The van der Waals surface area contributed by atoms with Crippen LogP contribution in [0.2, 0.25) is 0 Å². The highest BCUT2D eigenvalue weighted by Crippen LogP contribution is 2.11. The molecule has 0 bridgehead atoms. The van der Waals surface area contributed by atoms with Crippen molar-refractivity contribution in [3.63, 3.8) is 0 Å². The van der Waals surface area contributed by atoms with Gasteiger partial charge in [0, 0.05) is 18.1 Å². The first-order valence-electron chi connectivity index (χ1n) is 4.67. The predicted molar refractivity (Wildman–Crippen MR) is 56.0 cm³/mol.